The summed E-state index contributed by atoms with van der Waals surface area (Å²) in [7, 11) is 0. The summed E-state index contributed by atoms with van der Waals surface area (Å²) in [4.78, 5) is 25.2. The summed E-state index contributed by atoms with van der Waals surface area (Å²) in [6.45, 7) is 7.70. The number of hydrogen-bond donors (Lipinski definition) is 3. The Kier molecular flexibility index (Phi) is 6.92. The van der Waals surface area contributed by atoms with E-state index in [1.54, 1.807) is 24.3 Å². The Hall–Kier alpha value is -2.45. The zero-order valence-electron chi connectivity index (χ0n) is 15.7. The zero-order valence-corrected chi connectivity index (χ0v) is 17.3. The molecule has 0 aliphatic carbocycles. The number of hydrogen-bond acceptors (Lipinski definition) is 5. The molecule has 0 aliphatic rings. The van der Waals surface area contributed by atoms with Crippen molar-refractivity contribution in [3.05, 3.63) is 45.8 Å². The average Bonchev–Trinajstić information content (AvgIpc) is 2.89. The second kappa shape index (κ2) is 8.96. The molecule has 0 saturated carbocycles. The maximum absolute atomic E-state index is 12.4. The quantitative estimate of drug-likeness (QED) is 0.638. The minimum Gasteiger partial charge on any atom is -0.491 e. The molecule has 4 N–H and O–H groups in total. The van der Waals surface area contributed by atoms with Crippen molar-refractivity contribution in [1.29, 1.82) is 0 Å². The van der Waals surface area contributed by atoms with Crippen LogP contribution in [-0.2, 0) is 6.42 Å². The lowest BCUT2D eigenvalue weighted by Gasteiger charge is -2.12. The van der Waals surface area contributed by atoms with E-state index in [0.29, 0.717) is 28.3 Å². The smallest absolute Gasteiger partial charge is 0.257 e. The largest absolute Gasteiger partial charge is 0.491 e. The van der Waals surface area contributed by atoms with Crippen LogP contribution in [0.3, 0.4) is 0 Å². The first-order chi connectivity index (χ1) is 12.7. The maximum atomic E-state index is 12.4. The van der Waals surface area contributed by atoms with Crippen LogP contribution in [0.25, 0.3) is 0 Å². The Morgan fingerprint density at radius 2 is 2.04 bits per heavy atom. The molecule has 1 aromatic heterocycles. The third kappa shape index (κ3) is 5.27. The summed E-state index contributed by atoms with van der Waals surface area (Å²) in [5, 5.41) is 6.18. The minimum atomic E-state index is -0.522. The third-order valence-corrected chi connectivity index (χ3v) is 5.00. The number of ether oxygens (including phenoxy) is 1. The molecule has 2 amide bonds. The standard InChI is InChI=1S/C19H23N3O3S2/c1-5-14-11(4)27-18(15(14)16(20)23)22-19(26)21-17(24)12-7-6-8-13(9-12)25-10(2)3/h6-10H,5H2,1-4H3,(H2,20,23)(H2,21,22,24,26). The van der Waals surface area contributed by atoms with Gasteiger partial charge >= 0.3 is 0 Å². The van der Waals surface area contributed by atoms with Gasteiger partial charge in [-0.15, -0.1) is 11.3 Å². The van der Waals surface area contributed by atoms with E-state index in [9.17, 15) is 9.59 Å². The molecule has 2 aromatic rings. The van der Waals surface area contributed by atoms with Gasteiger partial charge in [0.15, 0.2) is 5.11 Å². The van der Waals surface area contributed by atoms with Crippen LogP contribution in [0.4, 0.5) is 5.00 Å². The monoisotopic (exact) mass is 405 g/mol. The van der Waals surface area contributed by atoms with Gasteiger partial charge in [0.05, 0.1) is 11.7 Å². The van der Waals surface area contributed by atoms with Gasteiger partial charge in [0.2, 0.25) is 0 Å². The molecule has 0 bridgehead atoms. The molecule has 0 radical (unpaired) electrons. The highest BCUT2D eigenvalue weighted by atomic mass is 32.1. The van der Waals surface area contributed by atoms with Gasteiger partial charge in [-0.05, 0) is 63.2 Å². The number of thiocarbonyl (C=S) groups is 1. The van der Waals surface area contributed by atoms with Gasteiger partial charge < -0.3 is 15.8 Å². The second-order valence-corrected chi connectivity index (χ2v) is 7.79. The van der Waals surface area contributed by atoms with Crippen LogP contribution < -0.4 is 21.1 Å². The SMILES string of the molecule is CCc1c(C)sc(NC(=S)NC(=O)c2cccc(OC(C)C)c2)c1C(N)=O. The van der Waals surface area contributed by atoms with Gasteiger partial charge in [0.25, 0.3) is 11.8 Å². The van der Waals surface area contributed by atoms with Crippen LogP contribution in [0.2, 0.25) is 0 Å². The molecular formula is C19H23N3O3S2. The third-order valence-electron chi connectivity index (χ3n) is 3.73. The highest BCUT2D eigenvalue weighted by Crippen LogP contribution is 2.33. The summed E-state index contributed by atoms with van der Waals surface area (Å²) < 4.78 is 5.60. The highest BCUT2D eigenvalue weighted by Gasteiger charge is 2.20. The summed E-state index contributed by atoms with van der Waals surface area (Å²) >= 11 is 6.61. The lowest BCUT2D eigenvalue weighted by atomic mass is 10.1. The number of nitrogens with one attached hydrogen (secondary N) is 2. The van der Waals surface area contributed by atoms with E-state index in [1.807, 2.05) is 27.7 Å². The Balaban J connectivity index is 2.12. The van der Waals surface area contributed by atoms with E-state index in [-0.39, 0.29) is 17.1 Å². The topological polar surface area (TPSA) is 93.4 Å². The summed E-state index contributed by atoms with van der Waals surface area (Å²) in [6, 6.07) is 6.85. The van der Waals surface area contributed by atoms with Gasteiger partial charge in [0, 0.05) is 10.4 Å². The normalized spacial score (nSPS) is 10.6. The molecule has 0 spiro atoms. The molecule has 0 aliphatic heterocycles. The molecule has 27 heavy (non-hydrogen) atoms. The van der Waals surface area contributed by atoms with E-state index in [1.165, 1.54) is 11.3 Å². The fourth-order valence-electron chi connectivity index (χ4n) is 2.65. The zero-order chi connectivity index (χ0) is 20.1. The fourth-order valence-corrected chi connectivity index (χ4v) is 4.06. The van der Waals surface area contributed by atoms with E-state index in [2.05, 4.69) is 10.6 Å². The van der Waals surface area contributed by atoms with Gasteiger partial charge in [-0.2, -0.15) is 0 Å². The molecule has 1 aromatic carbocycles. The number of aryl methyl sites for hydroxylation is 1. The summed E-state index contributed by atoms with van der Waals surface area (Å²) in [5.74, 6) is -0.285. The number of benzene rings is 1. The first-order valence-electron chi connectivity index (χ1n) is 8.54. The van der Waals surface area contributed by atoms with Crippen LogP contribution in [-0.4, -0.2) is 23.0 Å². The van der Waals surface area contributed by atoms with Gasteiger partial charge in [0.1, 0.15) is 10.8 Å². The highest BCUT2D eigenvalue weighted by molar-refractivity contribution is 7.80. The van der Waals surface area contributed by atoms with E-state index < -0.39 is 5.91 Å². The first kappa shape index (κ1) is 20.9. The van der Waals surface area contributed by atoms with Crippen LogP contribution in [0.5, 0.6) is 5.75 Å². The molecule has 0 saturated heterocycles. The molecule has 0 fully saturated rings. The summed E-state index contributed by atoms with van der Waals surface area (Å²) in [6.07, 6.45) is 0.692. The van der Waals surface area contributed by atoms with Crippen molar-refractivity contribution >= 4 is 45.5 Å². The number of amides is 2. The predicted molar refractivity (Wildman–Crippen MR) is 113 cm³/mol. The fraction of sp³-hybridized carbons (Fsp3) is 0.316. The van der Waals surface area contributed by atoms with E-state index in [4.69, 9.17) is 22.7 Å². The lowest BCUT2D eigenvalue weighted by molar-refractivity contribution is 0.0975. The Labute approximate surface area is 168 Å². The van der Waals surface area contributed by atoms with Crippen molar-refractivity contribution in [3.63, 3.8) is 0 Å². The van der Waals surface area contributed by atoms with Crippen molar-refractivity contribution in [2.75, 3.05) is 5.32 Å². The number of carbonyl (C=O) groups is 2. The maximum Gasteiger partial charge on any atom is 0.257 e. The predicted octanol–water partition coefficient (Wildman–Crippen LogP) is 3.63. The summed E-state index contributed by atoms with van der Waals surface area (Å²) in [5.41, 5.74) is 7.24. The van der Waals surface area contributed by atoms with Crippen LogP contribution in [0.1, 0.15) is 51.9 Å². The van der Waals surface area contributed by atoms with Gasteiger partial charge in [-0.1, -0.05) is 13.0 Å². The number of primary amides is 1. The van der Waals surface area contributed by atoms with E-state index >= 15 is 0 Å². The molecule has 0 atom stereocenters. The molecule has 2 rings (SSSR count). The van der Waals surface area contributed by atoms with Crippen LogP contribution in [0.15, 0.2) is 24.3 Å². The Morgan fingerprint density at radius 1 is 1.33 bits per heavy atom. The Morgan fingerprint density at radius 3 is 2.63 bits per heavy atom. The van der Waals surface area contributed by atoms with Crippen LogP contribution >= 0.6 is 23.6 Å². The molecule has 1 heterocycles. The molecule has 8 heteroatoms. The number of nitrogens with two attached hydrogens (primary N) is 1. The number of thiophene rings is 1. The van der Waals surface area contributed by atoms with E-state index in [0.717, 1.165) is 10.4 Å². The number of carbonyl (C=O) groups excluding carboxylic acids is 2. The van der Waals surface area contributed by atoms with Crippen molar-refractivity contribution < 1.29 is 14.3 Å². The first-order valence-corrected chi connectivity index (χ1v) is 9.76. The number of rotatable bonds is 6. The van der Waals surface area contributed by atoms with Crippen molar-refractivity contribution in [2.45, 2.75) is 40.2 Å². The van der Waals surface area contributed by atoms with Crippen molar-refractivity contribution in [1.82, 2.24) is 5.32 Å². The minimum absolute atomic E-state index is 0.00750. The average molecular weight is 406 g/mol. The van der Waals surface area contributed by atoms with Gasteiger partial charge in [-0.25, -0.2) is 0 Å². The van der Waals surface area contributed by atoms with Crippen molar-refractivity contribution in [2.24, 2.45) is 5.73 Å². The van der Waals surface area contributed by atoms with Crippen molar-refractivity contribution in [3.8, 4) is 5.75 Å². The second-order valence-electron chi connectivity index (χ2n) is 6.16. The lowest BCUT2D eigenvalue weighted by Crippen LogP contribution is -2.34. The van der Waals surface area contributed by atoms with Gasteiger partial charge in [-0.3, -0.25) is 14.9 Å². The van der Waals surface area contributed by atoms with Crippen LogP contribution in [0, 0.1) is 6.92 Å². The molecule has 0 unspecified atom stereocenters. The molecule has 6 nitrogen and oxygen atoms in total. The number of anilines is 1. The molecular weight excluding hydrogens is 382 g/mol. The molecule has 144 valence electrons. The Bertz CT molecular complexity index is 875.